The van der Waals surface area contributed by atoms with E-state index >= 15 is 0 Å². The molecule has 0 spiro atoms. The van der Waals surface area contributed by atoms with E-state index in [4.69, 9.17) is 18.9 Å². The molecule has 0 saturated carbocycles. The van der Waals surface area contributed by atoms with E-state index in [1.165, 1.54) is 0 Å². The summed E-state index contributed by atoms with van der Waals surface area (Å²) in [5.41, 5.74) is 0.726. The summed E-state index contributed by atoms with van der Waals surface area (Å²) in [7, 11) is 0. The van der Waals surface area contributed by atoms with Gasteiger partial charge in [-0.15, -0.1) is 0 Å². The van der Waals surface area contributed by atoms with E-state index in [2.05, 4.69) is 0 Å². The average molecular weight is 358 g/mol. The minimum Gasteiger partial charge on any atom is -0.425 e. The first-order valence-electron chi connectivity index (χ1n) is 8.41. The molecule has 0 aliphatic carbocycles. The van der Waals surface area contributed by atoms with Crippen molar-refractivity contribution in [2.45, 2.75) is 26.4 Å². The fourth-order valence-corrected chi connectivity index (χ4v) is 2.16. The molecule has 0 aliphatic rings. The van der Waals surface area contributed by atoms with E-state index in [1.54, 1.807) is 74.5 Å². The van der Waals surface area contributed by atoms with Crippen molar-refractivity contribution in [3.63, 3.8) is 0 Å². The summed E-state index contributed by atoms with van der Waals surface area (Å²) in [6.45, 7) is 3.98. The third-order valence-electron chi connectivity index (χ3n) is 3.35. The molecule has 0 saturated heterocycles. The van der Waals surface area contributed by atoms with Crippen molar-refractivity contribution in [1.82, 2.24) is 0 Å². The van der Waals surface area contributed by atoms with Crippen molar-refractivity contribution in [3.8, 4) is 0 Å². The molecule has 0 aromatic heterocycles. The Balaban J connectivity index is 2.11. The number of hydrogen-bond acceptors (Lipinski definition) is 6. The zero-order valence-corrected chi connectivity index (χ0v) is 14.8. The van der Waals surface area contributed by atoms with Crippen molar-refractivity contribution in [2.75, 3.05) is 13.2 Å². The first-order valence-corrected chi connectivity index (χ1v) is 8.41. The molecule has 0 radical (unpaired) electrons. The van der Waals surface area contributed by atoms with E-state index in [0.29, 0.717) is 11.1 Å². The molecule has 2 aromatic rings. The Morgan fingerprint density at radius 2 is 1.04 bits per heavy atom. The zero-order chi connectivity index (χ0) is 18.8. The van der Waals surface area contributed by atoms with Gasteiger partial charge in [0.15, 0.2) is 0 Å². The zero-order valence-electron chi connectivity index (χ0n) is 14.8. The van der Waals surface area contributed by atoms with Crippen LogP contribution in [-0.2, 0) is 18.9 Å². The number of carbonyl (C=O) groups excluding carboxylic acids is 2. The number of ether oxygens (including phenoxy) is 4. The SMILES string of the molecule is CCO[C@H](OC(=O)c1ccccc1)[C@H](OCC)OC(=O)c1ccccc1. The lowest BCUT2D eigenvalue weighted by Crippen LogP contribution is -2.39. The monoisotopic (exact) mass is 358 g/mol. The molecular formula is C20H22O6. The summed E-state index contributed by atoms with van der Waals surface area (Å²) >= 11 is 0. The predicted octanol–water partition coefficient (Wildman–Crippen LogP) is 3.43. The Morgan fingerprint density at radius 1 is 0.692 bits per heavy atom. The Kier molecular flexibility index (Phi) is 7.79. The van der Waals surface area contributed by atoms with Crippen LogP contribution >= 0.6 is 0 Å². The second-order valence-electron chi connectivity index (χ2n) is 5.19. The molecule has 26 heavy (non-hydrogen) atoms. The highest BCUT2D eigenvalue weighted by Gasteiger charge is 2.31. The Labute approximate surface area is 152 Å². The molecule has 0 amide bonds. The summed E-state index contributed by atoms with van der Waals surface area (Å²) in [6.07, 6.45) is -2.36. The minimum atomic E-state index is -1.18. The quantitative estimate of drug-likeness (QED) is 0.505. The van der Waals surface area contributed by atoms with Gasteiger partial charge in [0.2, 0.25) is 0 Å². The van der Waals surface area contributed by atoms with E-state index < -0.39 is 24.5 Å². The second-order valence-corrected chi connectivity index (χ2v) is 5.19. The Bertz CT molecular complexity index is 624. The number of rotatable bonds is 9. The lowest BCUT2D eigenvalue weighted by Gasteiger charge is -2.26. The molecule has 2 rings (SSSR count). The second kappa shape index (κ2) is 10.3. The fraction of sp³-hybridized carbons (Fsp3) is 0.300. The molecule has 0 aliphatic heterocycles. The van der Waals surface area contributed by atoms with Gasteiger partial charge in [-0.1, -0.05) is 36.4 Å². The molecule has 0 heterocycles. The highest BCUT2D eigenvalue weighted by Crippen LogP contribution is 2.14. The lowest BCUT2D eigenvalue weighted by molar-refractivity contribution is -0.247. The molecule has 2 aromatic carbocycles. The van der Waals surface area contributed by atoms with Gasteiger partial charge in [0, 0.05) is 13.2 Å². The summed E-state index contributed by atoms with van der Waals surface area (Å²) in [5.74, 6) is -1.19. The maximum absolute atomic E-state index is 12.3. The molecular weight excluding hydrogens is 336 g/mol. The molecule has 0 bridgehead atoms. The van der Waals surface area contributed by atoms with Crippen molar-refractivity contribution >= 4 is 11.9 Å². The Morgan fingerprint density at radius 3 is 1.35 bits per heavy atom. The molecule has 0 unspecified atom stereocenters. The topological polar surface area (TPSA) is 71.1 Å². The van der Waals surface area contributed by atoms with Gasteiger partial charge in [-0.05, 0) is 38.1 Å². The standard InChI is InChI=1S/C20H22O6/c1-3-23-19(25-17(21)15-11-7-5-8-12-15)20(24-4-2)26-18(22)16-13-9-6-10-14-16/h5-14,19-20H,3-4H2,1-2H3/t19-,20-/m1/s1. The number of benzene rings is 2. The van der Waals surface area contributed by atoms with Crippen LogP contribution < -0.4 is 0 Å². The summed E-state index contributed by atoms with van der Waals surface area (Å²) in [6, 6.07) is 17.0. The van der Waals surface area contributed by atoms with Crippen molar-refractivity contribution in [2.24, 2.45) is 0 Å². The van der Waals surface area contributed by atoms with E-state index in [9.17, 15) is 9.59 Å². The summed E-state index contributed by atoms with van der Waals surface area (Å²) in [5, 5.41) is 0. The van der Waals surface area contributed by atoms with Crippen LogP contribution in [0.15, 0.2) is 60.7 Å². The highest BCUT2D eigenvalue weighted by atomic mass is 16.8. The third kappa shape index (κ3) is 5.68. The summed E-state index contributed by atoms with van der Waals surface area (Å²) in [4.78, 5) is 24.6. The van der Waals surface area contributed by atoms with Crippen LogP contribution in [0.4, 0.5) is 0 Å². The van der Waals surface area contributed by atoms with Crippen LogP contribution in [0, 0.1) is 0 Å². The van der Waals surface area contributed by atoms with Gasteiger partial charge >= 0.3 is 11.9 Å². The predicted molar refractivity (Wildman–Crippen MR) is 94.5 cm³/mol. The average Bonchev–Trinajstić information content (AvgIpc) is 2.68. The van der Waals surface area contributed by atoms with Gasteiger partial charge in [-0.3, -0.25) is 0 Å². The van der Waals surface area contributed by atoms with Gasteiger partial charge in [0.25, 0.3) is 12.6 Å². The maximum Gasteiger partial charge on any atom is 0.340 e. The first kappa shape index (κ1) is 19.6. The molecule has 6 nitrogen and oxygen atoms in total. The van der Waals surface area contributed by atoms with E-state index in [-0.39, 0.29) is 13.2 Å². The smallest absolute Gasteiger partial charge is 0.340 e. The van der Waals surface area contributed by atoms with Gasteiger partial charge in [0.05, 0.1) is 11.1 Å². The van der Waals surface area contributed by atoms with Crippen LogP contribution in [0.1, 0.15) is 34.6 Å². The number of hydrogen-bond donors (Lipinski definition) is 0. The first-order chi connectivity index (χ1) is 12.7. The van der Waals surface area contributed by atoms with Crippen molar-refractivity contribution < 1.29 is 28.5 Å². The molecule has 2 atom stereocenters. The maximum atomic E-state index is 12.3. The molecule has 6 heteroatoms. The Hall–Kier alpha value is -2.70. The molecule has 138 valence electrons. The minimum absolute atomic E-state index is 0.249. The van der Waals surface area contributed by atoms with Crippen LogP contribution in [0.3, 0.4) is 0 Å². The van der Waals surface area contributed by atoms with Crippen LogP contribution in [-0.4, -0.2) is 37.7 Å². The normalized spacial score (nSPS) is 12.8. The van der Waals surface area contributed by atoms with Crippen LogP contribution in [0.5, 0.6) is 0 Å². The number of esters is 2. The van der Waals surface area contributed by atoms with Crippen LogP contribution in [0.2, 0.25) is 0 Å². The van der Waals surface area contributed by atoms with Gasteiger partial charge in [-0.2, -0.15) is 0 Å². The largest absolute Gasteiger partial charge is 0.425 e. The van der Waals surface area contributed by atoms with E-state index in [0.717, 1.165) is 0 Å². The molecule has 0 N–H and O–H groups in total. The van der Waals surface area contributed by atoms with Crippen molar-refractivity contribution in [3.05, 3.63) is 71.8 Å². The van der Waals surface area contributed by atoms with Gasteiger partial charge in [0.1, 0.15) is 0 Å². The van der Waals surface area contributed by atoms with Crippen molar-refractivity contribution in [1.29, 1.82) is 0 Å². The lowest BCUT2D eigenvalue weighted by atomic mass is 10.2. The van der Waals surface area contributed by atoms with Crippen LogP contribution in [0.25, 0.3) is 0 Å². The van der Waals surface area contributed by atoms with Gasteiger partial charge < -0.3 is 18.9 Å². The van der Waals surface area contributed by atoms with Gasteiger partial charge in [-0.25, -0.2) is 9.59 Å². The fourth-order valence-electron chi connectivity index (χ4n) is 2.16. The number of carbonyl (C=O) groups is 2. The van der Waals surface area contributed by atoms with E-state index in [1.807, 2.05) is 0 Å². The molecule has 0 fully saturated rings. The summed E-state index contributed by atoms with van der Waals surface area (Å²) < 4.78 is 21.6. The third-order valence-corrected chi connectivity index (χ3v) is 3.35. The highest BCUT2D eigenvalue weighted by molar-refractivity contribution is 5.90.